The van der Waals surface area contributed by atoms with Crippen LogP contribution in [0.1, 0.15) is 10.4 Å². The molecule has 0 spiro atoms. The number of primary amides is 1. The van der Waals surface area contributed by atoms with Crippen LogP contribution in [0.3, 0.4) is 0 Å². The van der Waals surface area contributed by atoms with Crippen LogP contribution < -0.4 is 16.0 Å². The maximum absolute atomic E-state index is 11.6. The van der Waals surface area contributed by atoms with E-state index >= 15 is 0 Å². The summed E-state index contributed by atoms with van der Waals surface area (Å²) in [4.78, 5) is 24.2. The molecule has 7 nitrogen and oxygen atoms in total. The van der Waals surface area contributed by atoms with Gasteiger partial charge in [0.05, 0.1) is 29.4 Å². The lowest BCUT2D eigenvalue weighted by atomic mass is 10.1. The van der Waals surface area contributed by atoms with Crippen molar-refractivity contribution in [3.05, 3.63) is 83.9 Å². The highest BCUT2D eigenvalue weighted by Gasteiger charge is 2.12. The minimum absolute atomic E-state index is 0.360. The molecule has 0 saturated heterocycles. The van der Waals surface area contributed by atoms with Crippen molar-refractivity contribution in [3.8, 4) is 17.1 Å². The number of nitrogens with two attached hydrogens (primary N) is 1. The Morgan fingerprint density at radius 3 is 2.74 bits per heavy atom. The second kappa shape index (κ2) is 7.46. The van der Waals surface area contributed by atoms with Crippen LogP contribution in [-0.4, -0.2) is 23.0 Å². The van der Waals surface area contributed by atoms with E-state index in [4.69, 9.17) is 19.9 Å². The molecule has 0 bridgehead atoms. The number of ether oxygens (including phenoxy) is 1. The summed E-state index contributed by atoms with van der Waals surface area (Å²) in [5.41, 5.74) is 9.76. The molecule has 152 valence electrons. The number of aromatic nitrogens is 2. The zero-order valence-electron chi connectivity index (χ0n) is 16.6. The van der Waals surface area contributed by atoms with Crippen molar-refractivity contribution in [2.45, 2.75) is 0 Å². The van der Waals surface area contributed by atoms with Crippen molar-refractivity contribution in [1.29, 1.82) is 0 Å². The van der Waals surface area contributed by atoms with E-state index in [0.29, 0.717) is 33.8 Å². The summed E-state index contributed by atoms with van der Waals surface area (Å²) in [7, 11) is 1.62. The first-order valence-electron chi connectivity index (χ1n) is 9.62. The SMILES string of the molecule is COc1ccc2oc(=Nc3cccc(C(N)=O)c3)c(-c3nc4ccccc4[nH]3)cc2c1. The van der Waals surface area contributed by atoms with Gasteiger partial charge in [0.15, 0.2) is 0 Å². The van der Waals surface area contributed by atoms with Gasteiger partial charge >= 0.3 is 0 Å². The van der Waals surface area contributed by atoms with E-state index in [-0.39, 0.29) is 0 Å². The number of para-hydroxylation sites is 2. The fourth-order valence-corrected chi connectivity index (χ4v) is 3.41. The van der Waals surface area contributed by atoms with E-state index in [1.54, 1.807) is 31.4 Å². The van der Waals surface area contributed by atoms with E-state index < -0.39 is 5.91 Å². The van der Waals surface area contributed by atoms with Crippen LogP contribution in [0.25, 0.3) is 33.4 Å². The summed E-state index contributed by atoms with van der Waals surface area (Å²) in [6.07, 6.45) is 0. The number of aromatic amines is 1. The molecular weight excluding hydrogens is 392 g/mol. The molecule has 0 atom stereocenters. The third-order valence-corrected chi connectivity index (χ3v) is 4.96. The molecule has 7 heteroatoms. The lowest BCUT2D eigenvalue weighted by Gasteiger charge is -2.05. The lowest BCUT2D eigenvalue weighted by molar-refractivity contribution is 0.100. The first kappa shape index (κ1) is 18.6. The minimum atomic E-state index is -0.517. The van der Waals surface area contributed by atoms with E-state index in [2.05, 4.69) is 9.98 Å². The van der Waals surface area contributed by atoms with Crippen molar-refractivity contribution in [2.24, 2.45) is 10.7 Å². The summed E-state index contributed by atoms with van der Waals surface area (Å²) in [5.74, 6) is 0.827. The van der Waals surface area contributed by atoms with Crippen molar-refractivity contribution >= 4 is 33.6 Å². The quantitative estimate of drug-likeness (QED) is 0.460. The van der Waals surface area contributed by atoms with Gasteiger partial charge in [-0.15, -0.1) is 0 Å². The smallest absolute Gasteiger partial charge is 0.248 e. The monoisotopic (exact) mass is 410 g/mol. The van der Waals surface area contributed by atoms with Gasteiger partial charge in [-0.05, 0) is 54.6 Å². The third-order valence-electron chi connectivity index (χ3n) is 4.96. The van der Waals surface area contributed by atoms with Crippen LogP contribution >= 0.6 is 0 Å². The maximum atomic E-state index is 11.6. The maximum Gasteiger partial charge on any atom is 0.248 e. The first-order chi connectivity index (χ1) is 15.1. The van der Waals surface area contributed by atoms with Gasteiger partial charge in [-0.25, -0.2) is 9.98 Å². The Balaban J connectivity index is 1.78. The Labute approximate surface area is 176 Å². The Hall–Kier alpha value is -4.39. The molecule has 0 saturated carbocycles. The van der Waals surface area contributed by atoms with Gasteiger partial charge in [0, 0.05) is 10.9 Å². The molecule has 3 aromatic carbocycles. The van der Waals surface area contributed by atoms with Crippen molar-refractivity contribution in [3.63, 3.8) is 0 Å². The zero-order valence-corrected chi connectivity index (χ0v) is 16.6. The Morgan fingerprint density at radius 2 is 1.94 bits per heavy atom. The number of carbonyl (C=O) groups is 1. The molecule has 0 aliphatic carbocycles. The standard InChI is InChI=1S/C24H18N4O3/c1-30-17-9-10-21-15(12-17)13-18(23-27-19-7-2-3-8-20(19)28-23)24(31-21)26-16-6-4-5-14(11-16)22(25)29/h2-13H,1H3,(H2,25,29)(H,27,28). The number of carbonyl (C=O) groups excluding carboxylic acids is 1. The summed E-state index contributed by atoms with van der Waals surface area (Å²) in [6.45, 7) is 0. The van der Waals surface area contributed by atoms with Crippen molar-refractivity contribution in [1.82, 2.24) is 9.97 Å². The molecule has 2 heterocycles. The van der Waals surface area contributed by atoms with Gasteiger partial charge in [0.25, 0.3) is 0 Å². The number of methoxy groups -OCH3 is 1. The van der Waals surface area contributed by atoms with E-state index in [1.165, 1.54) is 0 Å². The summed E-state index contributed by atoms with van der Waals surface area (Å²) in [5, 5.41) is 0.847. The Bertz CT molecular complexity index is 1480. The van der Waals surface area contributed by atoms with E-state index in [0.717, 1.165) is 22.2 Å². The first-order valence-corrected chi connectivity index (χ1v) is 9.62. The number of hydrogen-bond acceptors (Lipinski definition) is 5. The molecule has 5 aromatic rings. The average Bonchev–Trinajstić information content (AvgIpc) is 3.22. The van der Waals surface area contributed by atoms with Crippen LogP contribution in [0.15, 0.2) is 82.2 Å². The van der Waals surface area contributed by atoms with Gasteiger partial charge in [-0.3, -0.25) is 4.79 Å². The molecule has 3 N–H and O–H groups in total. The lowest BCUT2D eigenvalue weighted by Crippen LogP contribution is -2.10. The average molecular weight is 410 g/mol. The molecule has 0 fully saturated rings. The molecule has 2 aromatic heterocycles. The predicted molar refractivity (Wildman–Crippen MR) is 118 cm³/mol. The topological polar surface area (TPSA) is 106 Å². The molecule has 1 amide bonds. The highest BCUT2D eigenvalue weighted by molar-refractivity contribution is 5.93. The summed E-state index contributed by atoms with van der Waals surface area (Å²) in [6, 6.07) is 22.0. The van der Waals surface area contributed by atoms with Crippen molar-refractivity contribution < 1.29 is 13.9 Å². The fourth-order valence-electron chi connectivity index (χ4n) is 3.41. The second-order valence-corrected chi connectivity index (χ2v) is 7.00. The van der Waals surface area contributed by atoms with Gasteiger partial charge in [-0.2, -0.15) is 0 Å². The van der Waals surface area contributed by atoms with E-state index in [9.17, 15) is 4.79 Å². The van der Waals surface area contributed by atoms with Crippen LogP contribution in [-0.2, 0) is 0 Å². The molecule has 0 aliphatic heterocycles. The number of imidazole rings is 1. The fraction of sp³-hybridized carbons (Fsp3) is 0.0417. The third kappa shape index (κ3) is 3.53. The highest BCUT2D eigenvalue weighted by Crippen LogP contribution is 2.25. The molecule has 0 radical (unpaired) electrons. The van der Waals surface area contributed by atoms with Gasteiger partial charge in [0.1, 0.15) is 17.2 Å². The normalized spacial score (nSPS) is 11.8. The predicted octanol–water partition coefficient (Wildman–Crippen LogP) is 4.32. The van der Waals surface area contributed by atoms with Crippen LogP contribution in [0.5, 0.6) is 5.75 Å². The number of hydrogen-bond donors (Lipinski definition) is 2. The number of nitrogens with zero attached hydrogens (tertiary/aromatic N) is 2. The summed E-state index contributed by atoms with van der Waals surface area (Å²) < 4.78 is 11.5. The second-order valence-electron chi connectivity index (χ2n) is 7.00. The number of H-pyrrole nitrogens is 1. The molecule has 0 aliphatic rings. The van der Waals surface area contributed by atoms with Crippen molar-refractivity contribution in [2.75, 3.05) is 7.11 Å². The Kier molecular flexibility index (Phi) is 4.48. The molecular formula is C24H18N4O3. The number of benzene rings is 3. The van der Waals surface area contributed by atoms with E-state index in [1.807, 2.05) is 48.5 Å². The number of fused-ring (bicyclic) bond motifs is 2. The Morgan fingerprint density at radius 1 is 1.06 bits per heavy atom. The molecule has 31 heavy (non-hydrogen) atoms. The molecule has 0 unspecified atom stereocenters. The van der Waals surface area contributed by atoms with Gasteiger partial charge in [-0.1, -0.05) is 18.2 Å². The number of nitrogens with one attached hydrogen (secondary N) is 1. The summed E-state index contributed by atoms with van der Waals surface area (Å²) >= 11 is 0. The van der Waals surface area contributed by atoms with Gasteiger partial charge < -0.3 is 19.9 Å². The minimum Gasteiger partial charge on any atom is -0.497 e. The largest absolute Gasteiger partial charge is 0.497 e. The molecule has 5 rings (SSSR count). The number of rotatable bonds is 4. The number of amides is 1. The van der Waals surface area contributed by atoms with Crippen LogP contribution in [0.2, 0.25) is 0 Å². The van der Waals surface area contributed by atoms with Crippen LogP contribution in [0.4, 0.5) is 5.69 Å². The van der Waals surface area contributed by atoms with Gasteiger partial charge in [0.2, 0.25) is 11.5 Å². The zero-order chi connectivity index (χ0) is 21.4. The van der Waals surface area contributed by atoms with Crippen LogP contribution in [0, 0.1) is 0 Å². The highest BCUT2D eigenvalue weighted by atomic mass is 16.5.